The van der Waals surface area contributed by atoms with Gasteiger partial charge in [0.1, 0.15) is 11.4 Å². The Kier molecular flexibility index (Phi) is 18.3. The van der Waals surface area contributed by atoms with Gasteiger partial charge in [-0.1, -0.05) is 363 Å². The Morgan fingerprint density at radius 1 is 0.195 bits per heavy atom. The van der Waals surface area contributed by atoms with E-state index in [1.54, 1.807) is 6.07 Å². The van der Waals surface area contributed by atoms with E-state index >= 15 is 0 Å². The molecule has 27 rings (SSSR count). The number of hydrogen-bond acceptors (Lipinski definition) is 5. The van der Waals surface area contributed by atoms with Crippen molar-refractivity contribution in [2.45, 2.75) is 72.1 Å². The van der Waals surface area contributed by atoms with Crippen molar-refractivity contribution in [2.24, 2.45) is 0 Å². The number of benzene rings is 26. The van der Waals surface area contributed by atoms with E-state index in [9.17, 15) is 19.2 Å². The Balaban J connectivity index is 0.000000107. The molecule has 0 amide bonds. The molecule has 0 bridgehead atoms. The third-order valence-electron chi connectivity index (χ3n) is 29.0. The van der Waals surface area contributed by atoms with Crippen LogP contribution < -0.4 is 0 Å². The average Bonchev–Trinajstić information content (AvgIpc) is 0.724. The van der Waals surface area contributed by atoms with E-state index in [2.05, 4.69) is 327 Å². The second kappa shape index (κ2) is 30.7. The van der Waals surface area contributed by atoms with Crippen LogP contribution >= 0.6 is 0 Å². The minimum atomic E-state index is -0.181. The highest BCUT2D eigenvalue weighted by Gasteiger charge is 2.28. The number of aromatic nitrogens is 1. The Labute approximate surface area is 767 Å². The van der Waals surface area contributed by atoms with Crippen LogP contribution in [-0.4, -0.2) is 28.1 Å². The second-order valence-corrected chi connectivity index (χ2v) is 37.8. The van der Waals surface area contributed by atoms with Gasteiger partial charge in [0.25, 0.3) is 0 Å². The van der Waals surface area contributed by atoms with E-state index in [0.717, 1.165) is 142 Å². The number of rotatable bonds is 15. The Morgan fingerprint density at radius 2 is 0.398 bits per heavy atom. The highest BCUT2D eigenvalue weighted by Crippen LogP contribution is 2.46. The number of hydrogen-bond donors (Lipinski definition) is 0. The molecule has 0 N–H and O–H groups in total. The first-order chi connectivity index (χ1) is 65.0. The monoisotopic (exact) mass is 1700 g/mol. The van der Waals surface area contributed by atoms with Crippen molar-refractivity contribution in [1.82, 2.24) is 4.98 Å². The maximum absolute atomic E-state index is 14.4. The van der Waals surface area contributed by atoms with E-state index in [1.807, 2.05) is 84.9 Å². The smallest absolute Gasteiger partial charge is 0.211 e. The molecular weight excluding hydrogens is 1620 g/mol. The van der Waals surface area contributed by atoms with Gasteiger partial charge in [-0.05, 0) is 318 Å². The highest BCUT2D eigenvalue weighted by molar-refractivity contribution is 6.34. The standard InChI is InChI=1S/C43H28O2.C43H32.C42H27NO2/c1-24(2)31-21-32(42(44)36-19-15-29-11-9-25-5-3-7-27-13-17-34(36)40(29)38(25)27)23-33(22-31)43(45)37-20-16-30-12-10-26-6-4-8-28-14-18-35(37)41(30)39(26)28;1-26(2)37-24-27(22-35-15-13-33-11-9-29-5-3-7-31-17-19-38(35)42(33)40(29)31)21-28(25-37)23-36-16-14-34-12-10-30-6-4-8-32-18-20-39(36)43(34)41(30)32;1-23(2)30-21-35(41(44)33-19-15-28-11-9-24-5-3-7-26-13-17-31(33)39(28)37(24)26)43-36(22-30)42(45)34-20-16-29-12-10-25-6-4-8-27-14-18-32(34)40(29)38(25)27/h3-24H,1-2H3;3-21,24-26H,22-23H2,1-2H3;3-23H,1-2H3. The summed E-state index contributed by atoms with van der Waals surface area (Å²) >= 11 is 0. The van der Waals surface area contributed by atoms with Gasteiger partial charge in [-0.3, -0.25) is 19.2 Å². The molecule has 0 aliphatic rings. The quantitative estimate of drug-likeness (QED) is 0.0755. The zero-order valence-electron chi connectivity index (χ0n) is 74.5. The first-order valence-corrected chi connectivity index (χ1v) is 46.5. The van der Waals surface area contributed by atoms with E-state index in [1.165, 1.54) is 103 Å². The minimum Gasteiger partial charge on any atom is -0.289 e. The van der Waals surface area contributed by atoms with E-state index in [0.29, 0.717) is 39.3 Å². The number of carbonyl (C=O) groups is 4. The zero-order valence-corrected chi connectivity index (χ0v) is 74.5. The van der Waals surface area contributed by atoms with Gasteiger partial charge in [0, 0.05) is 33.4 Å². The topological polar surface area (TPSA) is 81.2 Å². The molecule has 0 aliphatic carbocycles. The van der Waals surface area contributed by atoms with Gasteiger partial charge in [0.2, 0.25) is 11.6 Å². The predicted octanol–water partition coefficient (Wildman–Crippen LogP) is 33.3. The van der Waals surface area contributed by atoms with Gasteiger partial charge in [-0.25, -0.2) is 4.98 Å². The molecule has 0 radical (unpaired) electrons. The Bertz CT molecular complexity index is 8550. The van der Waals surface area contributed by atoms with E-state index in [4.69, 9.17) is 4.98 Å². The van der Waals surface area contributed by atoms with Crippen molar-refractivity contribution in [3.8, 4) is 0 Å². The number of pyridine rings is 1. The fourth-order valence-electron chi connectivity index (χ4n) is 22.4. The van der Waals surface area contributed by atoms with Gasteiger partial charge in [-0.2, -0.15) is 0 Å². The van der Waals surface area contributed by atoms with Crippen molar-refractivity contribution < 1.29 is 19.2 Å². The maximum Gasteiger partial charge on any atom is 0.211 e. The van der Waals surface area contributed by atoms with Gasteiger partial charge in [0.15, 0.2) is 11.6 Å². The molecule has 1 aromatic heterocycles. The fraction of sp³-hybridized carbons (Fsp3) is 0.0859. The van der Waals surface area contributed by atoms with Crippen LogP contribution in [0, 0.1) is 0 Å². The summed E-state index contributed by atoms with van der Waals surface area (Å²) in [6.45, 7) is 13.0. The van der Waals surface area contributed by atoms with Crippen molar-refractivity contribution >= 4 is 217 Å². The molecule has 0 saturated carbocycles. The lowest BCUT2D eigenvalue weighted by molar-refractivity contribution is 0.102. The summed E-state index contributed by atoms with van der Waals surface area (Å²) in [5, 5.41) is 42.8. The molecule has 133 heavy (non-hydrogen) atoms. The number of carbonyl (C=O) groups excluding carboxylic acids is 4. The molecule has 0 saturated heterocycles. The van der Waals surface area contributed by atoms with Crippen LogP contribution in [-0.2, 0) is 12.8 Å². The second-order valence-electron chi connectivity index (χ2n) is 37.8. The van der Waals surface area contributed by atoms with Crippen LogP contribution in [0.15, 0.2) is 376 Å². The third kappa shape index (κ3) is 12.8. The predicted molar refractivity (Wildman–Crippen MR) is 560 cm³/mol. The first kappa shape index (κ1) is 79.0. The van der Waals surface area contributed by atoms with Gasteiger partial charge < -0.3 is 0 Å². The third-order valence-corrected chi connectivity index (χ3v) is 29.0. The minimum absolute atomic E-state index is 0.0696. The molecule has 0 unspecified atom stereocenters. The lowest BCUT2D eigenvalue weighted by atomic mass is 9.86. The fourth-order valence-corrected chi connectivity index (χ4v) is 22.4. The van der Waals surface area contributed by atoms with Gasteiger partial charge in [0.05, 0.1) is 0 Å². The molecule has 5 heteroatoms. The summed E-state index contributed by atoms with van der Waals surface area (Å²) in [5.74, 6) is 0.224. The van der Waals surface area contributed by atoms with Crippen LogP contribution in [0.1, 0.15) is 162 Å². The SMILES string of the molecule is CC(C)c1cc(C(=O)c2ccc3ccc4cccc5ccc2c3c45)cc(C(=O)c2ccc3ccc4cccc5ccc2c3c45)c1.CC(C)c1cc(C(=O)c2ccc3ccc4cccc5ccc2c3c45)nc(C(=O)c2ccc3ccc4cccc5ccc2c3c45)c1.CC(C)c1cc(Cc2ccc3ccc4cccc5ccc2c3c45)cc(Cc2ccc3ccc4cccc5ccc2c3c45)c1. The molecule has 0 aliphatic heterocycles. The van der Waals surface area contributed by atoms with Crippen LogP contribution in [0.4, 0.5) is 0 Å². The number of ketones is 4. The molecule has 26 aromatic carbocycles. The van der Waals surface area contributed by atoms with E-state index in [-0.39, 0.29) is 46.4 Å². The molecule has 0 spiro atoms. The van der Waals surface area contributed by atoms with Crippen molar-refractivity contribution in [3.05, 3.63) is 460 Å². The highest BCUT2D eigenvalue weighted by atomic mass is 16.1. The average molecular weight is 1700 g/mol. The zero-order chi connectivity index (χ0) is 89.4. The molecule has 0 atom stereocenters. The van der Waals surface area contributed by atoms with Crippen LogP contribution in [0.2, 0.25) is 0 Å². The normalized spacial score (nSPS) is 12.2. The maximum atomic E-state index is 14.4. The first-order valence-electron chi connectivity index (χ1n) is 46.5. The summed E-state index contributed by atoms with van der Waals surface area (Å²) in [4.78, 5) is 62.3. The molecule has 27 aromatic rings. The van der Waals surface area contributed by atoms with Crippen LogP contribution in [0.25, 0.3) is 194 Å². The van der Waals surface area contributed by atoms with E-state index < -0.39 is 0 Å². The number of nitrogens with zero attached hydrogens (tertiary/aromatic N) is 1. The summed E-state index contributed by atoms with van der Waals surface area (Å²) in [6.07, 6.45) is 1.86. The summed E-state index contributed by atoms with van der Waals surface area (Å²) in [6, 6.07) is 132. The summed E-state index contributed by atoms with van der Waals surface area (Å²) < 4.78 is 0. The van der Waals surface area contributed by atoms with Crippen molar-refractivity contribution in [1.29, 1.82) is 0 Å². The molecule has 5 nitrogen and oxygen atoms in total. The Hall–Kier alpha value is -16.2. The lowest BCUT2D eigenvalue weighted by Crippen LogP contribution is -2.13. The van der Waals surface area contributed by atoms with Crippen LogP contribution in [0.3, 0.4) is 0 Å². The van der Waals surface area contributed by atoms with Crippen LogP contribution in [0.5, 0.6) is 0 Å². The van der Waals surface area contributed by atoms with Gasteiger partial charge >= 0.3 is 0 Å². The van der Waals surface area contributed by atoms with Gasteiger partial charge in [-0.15, -0.1) is 0 Å². The summed E-state index contributed by atoms with van der Waals surface area (Å²) in [5.41, 5.74) is 13.1. The van der Waals surface area contributed by atoms with Crippen molar-refractivity contribution in [2.75, 3.05) is 0 Å². The molecule has 0 fully saturated rings. The molecular formula is C128H87NO4. The lowest BCUT2D eigenvalue weighted by Gasteiger charge is -2.17. The van der Waals surface area contributed by atoms with Crippen molar-refractivity contribution in [3.63, 3.8) is 0 Å². The molecule has 628 valence electrons. The molecule has 1 heterocycles. The summed E-state index contributed by atoms with van der Waals surface area (Å²) in [7, 11) is 0. The Morgan fingerprint density at radius 3 is 0.662 bits per heavy atom. The largest absolute Gasteiger partial charge is 0.289 e.